The van der Waals surface area contributed by atoms with Gasteiger partial charge in [0.2, 0.25) is 5.91 Å². The molecule has 2 aromatic rings. The van der Waals surface area contributed by atoms with Crippen LogP contribution in [0.3, 0.4) is 0 Å². The lowest BCUT2D eigenvalue weighted by atomic mass is 9.97. The van der Waals surface area contributed by atoms with Crippen LogP contribution in [0.5, 0.6) is 0 Å². The van der Waals surface area contributed by atoms with Gasteiger partial charge in [0.25, 0.3) is 0 Å². The average molecular weight is 249 g/mol. The van der Waals surface area contributed by atoms with E-state index in [0.29, 0.717) is 0 Å². The topological polar surface area (TPSA) is 20.3 Å². The molecule has 2 heteroatoms. The third kappa shape index (κ3) is 1.95. The Kier molecular flexibility index (Phi) is 2.71. The molecule has 0 bridgehead atoms. The van der Waals surface area contributed by atoms with E-state index in [9.17, 15) is 4.79 Å². The molecule has 0 fully saturated rings. The van der Waals surface area contributed by atoms with Crippen LogP contribution in [0.15, 0.2) is 48.7 Å². The average Bonchev–Trinajstić information content (AvgIpc) is 2.56. The van der Waals surface area contributed by atoms with E-state index in [1.165, 1.54) is 11.1 Å². The fourth-order valence-electron chi connectivity index (χ4n) is 2.47. The van der Waals surface area contributed by atoms with Gasteiger partial charge < -0.3 is 0 Å². The van der Waals surface area contributed by atoms with E-state index in [4.69, 9.17) is 0 Å². The Hall–Kier alpha value is -2.35. The van der Waals surface area contributed by atoms with Crippen molar-refractivity contribution in [3.05, 3.63) is 59.8 Å². The lowest BCUT2D eigenvalue weighted by Gasteiger charge is -2.18. The minimum atomic E-state index is 0.0215. The quantitative estimate of drug-likeness (QED) is 0.691. The van der Waals surface area contributed by atoms with Gasteiger partial charge >= 0.3 is 0 Å². The van der Waals surface area contributed by atoms with Gasteiger partial charge in [-0.3, -0.25) is 9.69 Å². The van der Waals surface area contributed by atoms with Crippen molar-refractivity contribution in [2.45, 2.75) is 13.8 Å². The molecular formula is C17H15NO. The van der Waals surface area contributed by atoms with Crippen molar-refractivity contribution in [3.63, 3.8) is 0 Å². The van der Waals surface area contributed by atoms with E-state index in [2.05, 4.69) is 31.2 Å². The number of benzene rings is 2. The minimum Gasteiger partial charge on any atom is -0.287 e. The smallest absolute Gasteiger partial charge is 0.227 e. The highest BCUT2D eigenvalue weighted by Crippen LogP contribution is 2.37. The maximum absolute atomic E-state index is 11.8. The Morgan fingerprint density at radius 3 is 2.63 bits per heavy atom. The summed E-state index contributed by atoms with van der Waals surface area (Å²) < 4.78 is 0. The van der Waals surface area contributed by atoms with Gasteiger partial charge in [-0.25, -0.2) is 0 Å². The number of carbonyl (C=O) groups is 1. The zero-order valence-electron chi connectivity index (χ0n) is 11.1. The molecule has 0 saturated heterocycles. The molecule has 94 valence electrons. The number of rotatable bonds is 0. The van der Waals surface area contributed by atoms with E-state index < -0.39 is 0 Å². The number of anilines is 1. The first-order valence-electron chi connectivity index (χ1n) is 6.35. The van der Waals surface area contributed by atoms with Crippen LogP contribution in [0, 0.1) is 6.92 Å². The second kappa shape index (κ2) is 4.39. The molecule has 0 unspecified atom stereocenters. The first-order valence-corrected chi connectivity index (χ1v) is 6.35. The van der Waals surface area contributed by atoms with Crippen molar-refractivity contribution in [3.8, 4) is 11.1 Å². The molecule has 0 N–H and O–H groups in total. The van der Waals surface area contributed by atoms with Gasteiger partial charge in [-0.2, -0.15) is 0 Å². The number of aryl methyl sites for hydroxylation is 1. The summed E-state index contributed by atoms with van der Waals surface area (Å²) in [5.41, 5.74) is 5.58. The Labute approximate surface area is 113 Å². The van der Waals surface area contributed by atoms with E-state index in [1.807, 2.05) is 30.5 Å². The highest BCUT2D eigenvalue weighted by atomic mass is 16.2. The Morgan fingerprint density at radius 1 is 1.05 bits per heavy atom. The molecular weight excluding hydrogens is 234 g/mol. The van der Waals surface area contributed by atoms with E-state index in [1.54, 1.807) is 11.8 Å². The summed E-state index contributed by atoms with van der Waals surface area (Å²) in [4.78, 5) is 13.5. The van der Waals surface area contributed by atoms with Gasteiger partial charge in [0.1, 0.15) is 0 Å². The first-order chi connectivity index (χ1) is 9.16. The Morgan fingerprint density at radius 2 is 1.84 bits per heavy atom. The minimum absolute atomic E-state index is 0.0215. The molecule has 0 atom stereocenters. The van der Waals surface area contributed by atoms with Crippen molar-refractivity contribution in [1.82, 2.24) is 0 Å². The van der Waals surface area contributed by atoms with Gasteiger partial charge in [0.05, 0.1) is 5.69 Å². The zero-order valence-corrected chi connectivity index (χ0v) is 11.1. The molecule has 3 rings (SSSR count). The summed E-state index contributed by atoms with van der Waals surface area (Å²) in [7, 11) is 0. The second-order valence-electron chi connectivity index (χ2n) is 4.81. The van der Waals surface area contributed by atoms with Crippen LogP contribution in [-0.4, -0.2) is 5.91 Å². The summed E-state index contributed by atoms with van der Waals surface area (Å²) in [5.74, 6) is 0.0215. The highest BCUT2D eigenvalue weighted by Gasteiger charge is 2.18. The number of para-hydroxylation sites is 1. The number of hydrogen-bond donors (Lipinski definition) is 0. The number of hydrogen-bond acceptors (Lipinski definition) is 1. The summed E-state index contributed by atoms with van der Waals surface area (Å²) in [6.07, 6.45) is 3.85. The lowest BCUT2D eigenvalue weighted by molar-refractivity contribution is -0.115. The number of carbonyl (C=O) groups excluding carboxylic acids is 1. The van der Waals surface area contributed by atoms with Crippen molar-refractivity contribution in [2.75, 3.05) is 4.90 Å². The third-order valence-electron chi connectivity index (χ3n) is 3.40. The largest absolute Gasteiger partial charge is 0.287 e. The van der Waals surface area contributed by atoms with Crippen LogP contribution < -0.4 is 4.90 Å². The summed E-state index contributed by atoms with van der Waals surface area (Å²) >= 11 is 0. The predicted molar refractivity (Wildman–Crippen MR) is 78.8 cm³/mol. The lowest BCUT2D eigenvalue weighted by Crippen LogP contribution is -2.21. The molecule has 19 heavy (non-hydrogen) atoms. The molecule has 1 aliphatic heterocycles. The Bertz CT molecular complexity index is 685. The second-order valence-corrected chi connectivity index (χ2v) is 4.81. The van der Waals surface area contributed by atoms with Gasteiger partial charge in [0.15, 0.2) is 0 Å². The molecule has 0 spiro atoms. The van der Waals surface area contributed by atoms with Crippen LogP contribution in [-0.2, 0) is 4.79 Å². The molecule has 1 heterocycles. The van der Waals surface area contributed by atoms with Crippen molar-refractivity contribution in [1.29, 1.82) is 0 Å². The molecule has 2 aromatic carbocycles. The number of amides is 1. The number of fused-ring (bicyclic) bond motifs is 3. The fraction of sp³-hybridized carbons (Fsp3) is 0.118. The van der Waals surface area contributed by atoms with Gasteiger partial charge in [0, 0.05) is 18.7 Å². The predicted octanol–water partition coefficient (Wildman–Crippen LogP) is 4.00. The zero-order chi connectivity index (χ0) is 13.4. The summed E-state index contributed by atoms with van der Waals surface area (Å²) in [5, 5.41) is 0. The van der Waals surface area contributed by atoms with Crippen LogP contribution >= 0.6 is 0 Å². The molecule has 1 aliphatic rings. The van der Waals surface area contributed by atoms with Crippen LogP contribution in [0.25, 0.3) is 17.2 Å². The van der Waals surface area contributed by atoms with Crippen LogP contribution in [0.1, 0.15) is 18.1 Å². The van der Waals surface area contributed by atoms with Gasteiger partial charge in [-0.05, 0) is 30.2 Å². The van der Waals surface area contributed by atoms with Crippen molar-refractivity contribution in [2.24, 2.45) is 0 Å². The van der Waals surface area contributed by atoms with Crippen LogP contribution in [0.2, 0.25) is 0 Å². The maximum atomic E-state index is 11.8. The first kappa shape index (κ1) is 11.7. The highest BCUT2D eigenvalue weighted by molar-refractivity contribution is 6.01. The molecule has 0 saturated carbocycles. The number of nitrogens with zero attached hydrogens (tertiary/aromatic N) is 1. The Balaban J connectivity index is 2.32. The normalized spacial score (nSPS) is 12.6. The molecule has 1 amide bonds. The van der Waals surface area contributed by atoms with Gasteiger partial charge in [-0.15, -0.1) is 0 Å². The standard InChI is InChI=1S/C17H15NO/c1-12-7-8-14-9-10-18(13(2)19)17-6-4-3-5-15(17)16(14)11-12/h3-11H,1-2H3. The fourth-order valence-corrected chi connectivity index (χ4v) is 2.47. The van der Waals surface area contributed by atoms with E-state index >= 15 is 0 Å². The van der Waals surface area contributed by atoms with Crippen LogP contribution in [0.4, 0.5) is 5.69 Å². The van der Waals surface area contributed by atoms with E-state index in [0.717, 1.165) is 16.8 Å². The maximum Gasteiger partial charge on any atom is 0.227 e. The summed E-state index contributed by atoms with van der Waals surface area (Å²) in [6, 6.07) is 14.4. The molecule has 0 radical (unpaired) electrons. The van der Waals surface area contributed by atoms with E-state index in [-0.39, 0.29) is 5.91 Å². The monoisotopic (exact) mass is 249 g/mol. The SMILES string of the molecule is CC(=O)N1C=Cc2ccc(C)cc2-c2ccccc21. The van der Waals surface area contributed by atoms with Crippen molar-refractivity contribution >= 4 is 17.7 Å². The third-order valence-corrected chi connectivity index (χ3v) is 3.40. The summed E-state index contributed by atoms with van der Waals surface area (Å²) in [6.45, 7) is 3.67. The van der Waals surface area contributed by atoms with Gasteiger partial charge in [-0.1, -0.05) is 42.0 Å². The molecule has 0 aromatic heterocycles. The van der Waals surface area contributed by atoms with Crippen molar-refractivity contribution < 1.29 is 4.79 Å². The molecule has 0 aliphatic carbocycles. The molecule has 2 nitrogen and oxygen atoms in total.